The molecule has 116 valence electrons. The van der Waals surface area contributed by atoms with Crippen molar-refractivity contribution in [3.63, 3.8) is 0 Å². The molecule has 0 amide bonds. The lowest BCUT2D eigenvalue weighted by Crippen LogP contribution is -2.55. The molecule has 2 rings (SSSR count). The monoisotopic (exact) mass is 284 g/mol. The zero-order valence-electron chi connectivity index (χ0n) is 12.4. The maximum absolute atomic E-state index is 11.4. The third kappa shape index (κ3) is 3.93. The van der Waals surface area contributed by atoms with Gasteiger partial charge in [-0.25, -0.2) is 0 Å². The van der Waals surface area contributed by atoms with Gasteiger partial charge in [-0.2, -0.15) is 0 Å². The van der Waals surface area contributed by atoms with Crippen LogP contribution in [0.3, 0.4) is 0 Å². The molecule has 3 atom stereocenters. The second-order valence-corrected chi connectivity index (χ2v) is 6.38. The summed E-state index contributed by atoms with van der Waals surface area (Å²) in [5.41, 5.74) is 0. The fraction of sp³-hybridized carbons (Fsp3) is 0.933. The summed E-state index contributed by atoms with van der Waals surface area (Å²) in [4.78, 5) is 13.7. The molecule has 1 saturated carbocycles. The first-order chi connectivity index (χ1) is 9.61. The van der Waals surface area contributed by atoms with Gasteiger partial charge in [-0.3, -0.25) is 9.69 Å². The Balaban J connectivity index is 1.90. The molecule has 20 heavy (non-hydrogen) atoms. The van der Waals surface area contributed by atoms with Crippen molar-refractivity contribution >= 4 is 5.97 Å². The molecule has 0 aromatic heterocycles. The van der Waals surface area contributed by atoms with E-state index in [1.807, 2.05) is 0 Å². The number of carbonyl (C=O) groups is 1. The lowest BCUT2D eigenvalue weighted by Gasteiger charge is -2.44. The molecule has 2 aliphatic rings. The third-order valence-electron chi connectivity index (χ3n) is 5.00. The number of likely N-dealkylation sites (tertiary alicyclic amines) is 1. The van der Waals surface area contributed by atoms with Crippen molar-refractivity contribution in [1.29, 1.82) is 0 Å². The van der Waals surface area contributed by atoms with Gasteiger partial charge in [0.25, 0.3) is 0 Å². The Morgan fingerprint density at radius 2 is 2.15 bits per heavy atom. The number of carboxylic acids is 1. The minimum Gasteiger partial charge on any atom is -0.481 e. The summed E-state index contributed by atoms with van der Waals surface area (Å²) in [6, 6.07) is 0.729. The molecule has 0 aromatic carbocycles. The first-order valence-electron chi connectivity index (χ1n) is 7.93. The second kappa shape index (κ2) is 7.38. The van der Waals surface area contributed by atoms with E-state index in [9.17, 15) is 9.90 Å². The molecule has 5 heteroatoms. The summed E-state index contributed by atoms with van der Waals surface area (Å²) in [7, 11) is 0. The number of carboxylic acid groups (broad SMARTS) is 1. The minimum absolute atomic E-state index is 0.185. The van der Waals surface area contributed by atoms with Crippen molar-refractivity contribution < 1.29 is 15.0 Å². The van der Waals surface area contributed by atoms with E-state index in [1.54, 1.807) is 0 Å². The Morgan fingerprint density at radius 3 is 2.70 bits per heavy atom. The number of hydrogen-bond acceptors (Lipinski definition) is 4. The molecule has 0 radical (unpaired) electrons. The van der Waals surface area contributed by atoms with Gasteiger partial charge in [0.2, 0.25) is 0 Å². The maximum Gasteiger partial charge on any atom is 0.307 e. The Hall–Kier alpha value is -0.650. The second-order valence-electron chi connectivity index (χ2n) is 6.38. The van der Waals surface area contributed by atoms with Crippen LogP contribution in [0.4, 0.5) is 0 Å². The molecule has 0 aromatic rings. The van der Waals surface area contributed by atoms with Gasteiger partial charge in [0.1, 0.15) is 0 Å². The fourth-order valence-electron chi connectivity index (χ4n) is 3.40. The molecule has 2 fully saturated rings. The van der Waals surface area contributed by atoms with E-state index in [0.29, 0.717) is 19.0 Å². The Labute approximate surface area is 121 Å². The molecule has 1 saturated heterocycles. The van der Waals surface area contributed by atoms with Gasteiger partial charge in [-0.1, -0.05) is 6.42 Å². The van der Waals surface area contributed by atoms with Crippen LogP contribution in [-0.2, 0) is 4.79 Å². The Kier molecular flexibility index (Phi) is 5.81. The molecule has 0 bridgehead atoms. The SMILES string of the molecule is CC(C1CCC1)N1CC(NCCCO)CC(C(=O)O)C1. The van der Waals surface area contributed by atoms with Gasteiger partial charge in [0.05, 0.1) is 5.92 Å². The number of aliphatic hydroxyl groups excluding tert-OH is 1. The van der Waals surface area contributed by atoms with Gasteiger partial charge in [0, 0.05) is 31.8 Å². The quantitative estimate of drug-likeness (QED) is 0.606. The number of aliphatic carboxylic acids is 1. The molecule has 3 N–H and O–H groups in total. The van der Waals surface area contributed by atoms with Crippen LogP contribution in [0.25, 0.3) is 0 Å². The number of piperidine rings is 1. The van der Waals surface area contributed by atoms with Crippen LogP contribution < -0.4 is 5.32 Å². The van der Waals surface area contributed by atoms with Crippen LogP contribution in [0.5, 0.6) is 0 Å². The van der Waals surface area contributed by atoms with Crippen molar-refractivity contribution in [3.8, 4) is 0 Å². The van der Waals surface area contributed by atoms with Gasteiger partial charge in [-0.15, -0.1) is 0 Å². The molecule has 5 nitrogen and oxygen atoms in total. The van der Waals surface area contributed by atoms with Gasteiger partial charge >= 0.3 is 5.97 Å². The van der Waals surface area contributed by atoms with Crippen LogP contribution in [-0.4, -0.2) is 59.4 Å². The van der Waals surface area contributed by atoms with E-state index in [2.05, 4.69) is 17.1 Å². The largest absolute Gasteiger partial charge is 0.481 e. The summed E-state index contributed by atoms with van der Waals surface area (Å²) in [6.45, 7) is 4.82. The van der Waals surface area contributed by atoms with E-state index in [4.69, 9.17) is 5.11 Å². The molecular formula is C15H28N2O3. The summed E-state index contributed by atoms with van der Waals surface area (Å²) < 4.78 is 0. The fourth-order valence-corrected chi connectivity index (χ4v) is 3.40. The molecule has 0 spiro atoms. The van der Waals surface area contributed by atoms with Crippen molar-refractivity contribution in [3.05, 3.63) is 0 Å². The van der Waals surface area contributed by atoms with E-state index in [-0.39, 0.29) is 18.6 Å². The highest BCUT2D eigenvalue weighted by Gasteiger charge is 2.36. The van der Waals surface area contributed by atoms with Crippen LogP contribution in [0.15, 0.2) is 0 Å². The van der Waals surface area contributed by atoms with Crippen molar-refractivity contribution in [2.24, 2.45) is 11.8 Å². The first kappa shape index (κ1) is 15.7. The highest BCUT2D eigenvalue weighted by molar-refractivity contribution is 5.70. The molecular weight excluding hydrogens is 256 g/mol. The number of rotatable bonds is 7. The smallest absolute Gasteiger partial charge is 0.307 e. The normalized spacial score (nSPS) is 29.9. The van der Waals surface area contributed by atoms with E-state index >= 15 is 0 Å². The standard InChI is InChI=1S/C15H28N2O3/c1-11(12-4-2-5-12)17-9-13(15(19)20)8-14(10-17)16-6-3-7-18/h11-14,16,18H,2-10H2,1H3,(H,19,20). The predicted octanol–water partition coefficient (Wildman–Crippen LogP) is 0.922. The highest BCUT2D eigenvalue weighted by atomic mass is 16.4. The highest BCUT2D eigenvalue weighted by Crippen LogP contribution is 2.33. The summed E-state index contributed by atoms with van der Waals surface area (Å²) in [5, 5.41) is 21.6. The van der Waals surface area contributed by atoms with Gasteiger partial charge < -0.3 is 15.5 Å². The van der Waals surface area contributed by atoms with Crippen molar-refractivity contribution in [2.45, 2.75) is 51.1 Å². The number of hydrogen-bond donors (Lipinski definition) is 3. The lowest BCUT2D eigenvalue weighted by atomic mass is 9.78. The topological polar surface area (TPSA) is 72.8 Å². The first-order valence-corrected chi connectivity index (χ1v) is 7.93. The minimum atomic E-state index is -0.676. The lowest BCUT2D eigenvalue weighted by molar-refractivity contribution is -0.144. The zero-order chi connectivity index (χ0) is 14.5. The predicted molar refractivity (Wildman–Crippen MR) is 77.6 cm³/mol. The van der Waals surface area contributed by atoms with Gasteiger partial charge in [-0.05, 0) is 45.1 Å². The molecule has 1 heterocycles. The molecule has 1 aliphatic heterocycles. The van der Waals surface area contributed by atoms with E-state index in [1.165, 1.54) is 19.3 Å². The van der Waals surface area contributed by atoms with Crippen molar-refractivity contribution in [1.82, 2.24) is 10.2 Å². The van der Waals surface area contributed by atoms with Gasteiger partial charge in [0.15, 0.2) is 0 Å². The summed E-state index contributed by atoms with van der Waals surface area (Å²) >= 11 is 0. The van der Waals surface area contributed by atoms with Crippen LogP contribution in [0.1, 0.15) is 39.0 Å². The van der Waals surface area contributed by atoms with E-state index < -0.39 is 5.97 Å². The van der Waals surface area contributed by atoms with Crippen LogP contribution in [0, 0.1) is 11.8 Å². The van der Waals surface area contributed by atoms with E-state index in [0.717, 1.165) is 25.4 Å². The average Bonchev–Trinajstić information content (AvgIpc) is 2.36. The average molecular weight is 284 g/mol. The Morgan fingerprint density at radius 1 is 1.40 bits per heavy atom. The zero-order valence-corrected chi connectivity index (χ0v) is 12.4. The number of nitrogens with zero attached hydrogens (tertiary/aromatic N) is 1. The molecule has 1 aliphatic carbocycles. The van der Waals surface area contributed by atoms with Crippen molar-refractivity contribution in [2.75, 3.05) is 26.2 Å². The maximum atomic E-state index is 11.4. The third-order valence-corrected chi connectivity index (χ3v) is 5.00. The summed E-state index contributed by atoms with van der Waals surface area (Å²) in [6.07, 6.45) is 5.33. The van der Waals surface area contributed by atoms with Crippen LogP contribution >= 0.6 is 0 Å². The number of nitrogens with one attached hydrogen (secondary N) is 1. The number of aliphatic hydroxyl groups is 1. The van der Waals surface area contributed by atoms with Crippen LogP contribution in [0.2, 0.25) is 0 Å². The molecule has 3 unspecified atom stereocenters. The Bertz CT molecular complexity index is 320. The summed E-state index contributed by atoms with van der Waals surface area (Å²) in [5.74, 6) is -0.192.